The number of hydrogen-bond acceptors (Lipinski definition) is 2. The number of aryl methyl sites for hydroxylation is 8. The molecule has 0 amide bonds. The zero-order chi connectivity index (χ0) is 73.4. The normalized spacial score (nSPS) is 12.1. The van der Waals surface area contributed by atoms with Crippen LogP contribution >= 0.6 is 0 Å². The quantitative estimate of drug-likeness (QED) is 0.0900. The van der Waals surface area contributed by atoms with E-state index in [0.717, 1.165) is 0 Å². The standard InChI is InChI=1S/C100H82B2N6/c1-59-49-67(105-85-37-21-13-29-71(85)72-30-14-22-38-86(72)105)50-60(2)97(59)101(98-61(3)51-68(52-62(98)4)106-87-39-23-15-31-73(87)74-32-16-24-40-88(74)106)83-57-93(103(9)10)81-48-46-80-84(58-94(104(11)12)82-47-45-79(83)95(81)96(80)82)102(99-63(5)53-69(54-64(99)6)107-89-41-25-17-33-75(89)76-34-18-26-42-90(76)107)100-65(7)55-70(56-66(100)8)108-91-43-27-19-35-77(91)78-36-20-28-44-92(78)108/h13-58H,1-12H3. The second-order valence-corrected chi connectivity index (χ2v) is 31.1. The molecule has 0 aliphatic heterocycles. The zero-order valence-electron chi connectivity index (χ0n) is 63.4. The molecule has 108 heavy (non-hydrogen) atoms. The number of anilines is 2. The summed E-state index contributed by atoms with van der Waals surface area (Å²) in [4.78, 5) is 4.74. The molecule has 16 aromatic carbocycles. The lowest BCUT2D eigenvalue weighted by atomic mass is 9.33. The largest absolute Gasteiger partial charge is 0.377 e. The number of aromatic nitrogens is 4. The fraction of sp³-hybridized carbons (Fsp3) is 0.120. The minimum atomic E-state index is -0.190. The summed E-state index contributed by atoms with van der Waals surface area (Å²) in [6, 6.07) is 106. The van der Waals surface area contributed by atoms with Crippen LogP contribution in [0.3, 0.4) is 0 Å². The number of nitrogens with zero attached hydrogens (tertiary/aromatic N) is 6. The third-order valence-corrected chi connectivity index (χ3v) is 24.3. The molecule has 4 aromatic heterocycles. The molecule has 0 spiro atoms. The highest BCUT2D eigenvalue weighted by molar-refractivity contribution is 6.99. The van der Waals surface area contributed by atoms with Gasteiger partial charge >= 0.3 is 0 Å². The molecule has 0 radical (unpaired) electrons. The predicted molar refractivity (Wildman–Crippen MR) is 469 cm³/mol. The molecular weight excluding hydrogens is 1310 g/mol. The van der Waals surface area contributed by atoms with Crippen molar-refractivity contribution in [1.82, 2.24) is 18.3 Å². The van der Waals surface area contributed by atoms with E-state index in [4.69, 9.17) is 0 Å². The van der Waals surface area contributed by atoms with Crippen LogP contribution < -0.4 is 42.6 Å². The maximum Gasteiger partial charge on any atom is 0.243 e. The second-order valence-electron chi connectivity index (χ2n) is 31.1. The first-order valence-electron chi connectivity index (χ1n) is 38.1. The first-order chi connectivity index (χ1) is 52.6. The van der Waals surface area contributed by atoms with E-state index in [9.17, 15) is 0 Å². The van der Waals surface area contributed by atoms with Gasteiger partial charge in [0, 0.05) is 116 Å². The van der Waals surface area contributed by atoms with Crippen molar-refractivity contribution in [3.8, 4) is 22.7 Å². The first kappa shape index (κ1) is 65.0. The number of rotatable bonds is 12. The molecule has 20 rings (SSSR count). The van der Waals surface area contributed by atoms with Crippen LogP contribution in [0.25, 0.3) is 142 Å². The van der Waals surface area contributed by atoms with E-state index in [-0.39, 0.29) is 13.4 Å². The van der Waals surface area contributed by atoms with Crippen LogP contribution in [0.2, 0.25) is 0 Å². The van der Waals surface area contributed by atoms with E-state index in [1.165, 1.54) is 231 Å². The van der Waals surface area contributed by atoms with Crippen molar-refractivity contribution >= 4 is 177 Å². The van der Waals surface area contributed by atoms with Crippen LogP contribution in [0, 0.1) is 55.4 Å². The van der Waals surface area contributed by atoms with Gasteiger partial charge in [-0.1, -0.05) is 247 Å². The molecule has 0 bridgehead atoms. The monoisotopic (exact) mass is 1390 g/mol. The smallest absolute Gasteiger partial charge is 0.243 e. The number of fused-ring (bicyclic) bond motifs is 12. The Balaban J connectivity index is 0.864. The van der Waals surface area contributed by atoms with E-state index in [1.54, 1.807) is 0 Å². The van der Waals surface area contributed by atoms with Crippen LogP contribution in [0.1, 0.15) is 44.5 Å². The van der Waals surface area contributed by atoms with Gasteiger partial charge in [0.15, 0.2) is 0 Å². The minimum absolute atomic E-state index is 0.190. The third kappa shape index (κ3) is 9.54. The van der Waals surface area contributed by atoms with Crippen molar-refractivity contribution in [2.45, 2.75) is 55.4 Å². The Hall–Kier alpha value is -12.5. The van der Waals surface area contributed by atoms with Crippen molar-refractivity contribution < 1.29 is 0 Å². The van der Waals surface area contributed by atoms with Crippen molar-refractivity contribution in [2.75, 3.05) is 38.0 Å². The molecule has 8 heteroatoms. The van der Waals surface area contributed by atoms with Crippen LogP contribution in [0.4, 0.5) is 11.4 Å². The minimum Gasteiger partial charge on any atom is -0.377 e. The Labute approximate surface area is 631 Å². The van der Waals surface area contributed by atoms with Crippen LogP contribution in [-0.4, -0.2) is 59.9 Å². The first-order valence-corrected chi connectivity index (χ1v) is 38.1. The number of benzene rings is 16. The lowest BCUT2D eigenvalue weighted by Gasteiger charge is -2.31. The average molecular weight is 1390 g/mol. The molecule has 0 atom stereocenters. The summed E-state index contributed by atoms with van der Waals surface area (Å²) in [6.45, 7) is 18.6. The van der Waals surface area contributed by atoms with Crippen molar-refractivity contribution in [3.63, 3.8) is 0 Å². The summed E-state index contributed by atoms with van der Waals surface area (Å²) in [7, 11) is 8.98. The molecule has 0 N–H and O–H groups in total. The highest BCUT2D eigenvalue weighted by Crippen LogP contribution is 2.44. The van der Waals surface area contributed by atoms with Gasteiger partial charge in [0.05, 0.1) is 44.1 Å². The van der Waals surface area contributed by atoms with E-state index < -0.39 is 0 Å². The lowest BCUT2D eigenvalue weighted by Crippen LogP contribution is -2.56. The number of hydrogen-bond donors (Lipinski definition) is 0. The molecule has 0 unspecified atom stereocenters. The molecule has 0 fully saturated rings. The van der Waals surface area contributed by atoms with Crippen molar-refractivity contribution in [2.24, 2.45) is 0 Å². The molecule has 0 saturated carbocycles. The Morgan fingerprint density at radius 1 is 0.204 bits per heavy atom. The Kier molecular flexibility index (Phi) is 14.8. The van der Waals surface area contributed by atoms with Crippen molar-refractivity contribution in [3.05, 3.63) is 324 Å². The molecule has 4 heterocycles. The molecule has 0 aliphatic rings. The van der Waals surface area contributed by atoms with Gasteiger partial charge in [-0.2, -0.15) is 0 Å². The molecule has 0 saturated heterocycles. The predicted octanol–water partition coefficient (Wildman–Crippen LogP) is 20.6. The number of para-hydroxylation sites is 8. The average Bonchev–Trinajstić information content (AvgIpc) is 1.10. The maximum absolute atomic E-state index is 2.57. The summed E-state index contributed by atoms with van der Waals surface area (Å²) in [5.41, 5.74) is 34.6. The Bertz CT molecular complexity index is 6120. The van der Waals surface area contributed by atoms with E-state index >= 15 is 0 Å². The highest BCUT2D eigenvalue weighted by atomic mass is 15.1. The third-order valence-electron chi connectivity index (χ3n) is 24.3. The van der Waals surface area contributed by atoms with E-state index in [1.807, 2.05) is 0 Å². The summed E-state index contributed by atoms with van der Waals surface area (Å²) in [5, 5.41) is 17.7. The van der Waals surface area contributed by atoms with Gasteiger partial charge in [-0.05, 0) is 186 Å². The Morgan fingerprint density at radius 3 is 0.565 bits per heavy atom. The second kappa shape index (κ2) is 24.5. The molecule has 518 valence electrons. The molecule has 20 aromatic rings. The van der Waals surface area contributed by atoms with Crippen LogP contribution in [-0.2, 0) is 0 Å². The summed E-state index contributed by atoms with van der Waals surface area (Å²) >= 11 is 0. The van der Waals surface area contributed by atoms with Gasteiger partial charge in [0.25, 0.3) is 0 Å². The summed E-state index contributed by atoms with van der Waals surface area (Å²) < 4.78 is 9.95. The van der Waals surface area contributed by atoms with E-state index in [2.05, 4.69) is 391 Å². The summed E-state index contributed by atoms with van der Waals surface area (Å²) in [5.74, 6) is 0. The topological polar surface area (TPSA) is 26.2 Å². The summed E-state index contributed by atoms with van der Waals surface area (Å²) in [6.07, 6.45) is 0. The fourth-order valence-electron chi connectivity index (χ4n) is 20.1. The molecule has 0 aliphatic carbocycles. The van der Waals surface area contributed by atoms with Gasteiger partial charge in [0.2, 0.25) is 13.4 Å². The Morgan fingerprint density at radius 2 is 0.380 bits per heavy atom. The van der Waals surface area contributed by atoms with Crippen molar-refractivity contribution in [1.29, 1.82) is 0 Å². The van der Waals surface area contributed by atoms with Gasteiger partial charge in [-0.25, -0.2) is 0 Å². The van der Waals surface area contributed by atoms with Gasteiger partial charge in [-0.3, -0.25) is 0 Å². The maximum atomic E-state index is 2.57. The van der Waals surface area contributed by atoms with E-state index in [0.29, 0.717) is 0 Å². The van der Waals surface area contributed by atoms with Gasteiger partial charge in [-0.15, -0.1) is 0 Å². The van der Waals surface area contributed by atoms with Gasteiger partial charge < -0.3 is 28.1 Å². The molecule has 6 nitrogen and oxygen atoms in total. The SMILES string of the molecule is Cc1cc(-n2c3ccccc3c3ccccc32)cc(C)c1B(c1c(C)cc(-n2c3ccccc3c3ccccc32)cc1C)c1cc(N(C)C)c2ccc3c(B(c4c(C)cc(-n5c6ccccc6c6ccccc65)cc4C)c4c(C)cc(-n5c6ccccc6c6ccccc65)cc4C)cc(N(C)C)c4ccc1c2c34. The molecular formula is C100H82B2N6. The van der Waals surface area contributed by atoms with Gasteiger partial charge in [0.1, 0.15) is 0 Å². The van der Waals surface area contributed by atoms with Crippen LogP contribution in [0.5, 0.6) is 0 Å². The highest BCUT2D eigenvalue weighted by Gasteiger charge is 2.36. The zero-order valence-corrected chi connectivity index (χ0v) is 63.4. The fourth-order valence-corrected chi connectivity index (χ4v) is 20.1. The lowest BCUT2D eigenvalue weighted by molar-refractivity contribution is 1.14. The van der Waals surface area contributed by atoms with Crippen LogP contribution in [0.15, 0.2) is 279 Å².